The average Bonchev–Trinajstić information content (AvgIpc) is 2.62. The summed E-state index contributed by atoms with van der Waals surface area (Å²) < 4.78 is 11.6. The Morgan fingerprint density at radius 1 is 1.25 bits per heavy atom. The number of fused-ring (bicyclic) bond motifs is 4. The smallest absolute Gasteiger partial charge is 0.339 e. The highest BCUT2D eigenvalue weighted by Gasteiger charge is 2.34. The molecule has 3 aliphatic heterocycles. The van der Waals surface area contributed by atoms with Crippen LogP contribution in [0.4, 0.5) is 0 Å². The van der Waals surface area contributed by atoms with Gasteiger partial charge in [0.25, 0.3) is 0 Å². The van der Waals surface area contributed by atoms with Crippen molar-refractivity contribution in [1.82, 2.24) is 4.90 Å². The number of rotatable bonds is 5. The van der Waals surface area contributed by atoms with Gasteiger partial charge in [-0.05, 0) is 35.7 Å². The Balaban J connectivity index is 1.47. The molecule has 126 valence electrons. The number of hydrogen-bond donors (Lipinski definition) is 1. The van der Waals surface area contributed by atoms with Crippen molar-refractivity contribution in [2.45, 2.75) is 25.0 Å². The van der Waals surface area contributed by atoms with E-state index in [0.717, 1.165) is 36.9 Å². The van der Waals surface area contributed by atoms with Crippen LogP contribution in [0.5, 0.6) is 5.75 Å². The van der Waals surface area contributed by atoms with E-state index in [1.807, 2.05) is 30.3 Å². The van der Waals surface area contributed by atoms with Gasteiger partial charge in [0, 0.05) is 19.1 Å². The Morgan fingerprint density at radius 3 is 2.67 bits per heavy atom. The molecule has 2 atom stereocenters. The number of nitrogens with zero attached hydrogens (tertiary/aromatic N) is 1. The predicted molar refractivity (Wildman–Crippen MR) is 90.7 cm³/mol. The number of carboxylic acids is 1. The van der Waals surface area contributed by atoms with Gasteiger partial charge in [-0.15, -0.1) is 0 Å². The molecule has 5 heteroatoms. The molecule has 24 heavy (non-hydrogen) atoms. The number of ether oxygens (including phenoxy) is 2. The molecule has 0 saturated carbocycles. The summed E-state index contributed by atoms with van der Waals surface area (Å²) in [6.07, 6.45) is 2.68. The van der Waals surface area contributed by atoms with Gasteiger partial charge in [-0.25, -0.2) is 4.79 Å². The first kappa shape index (κ1) is 15.4. The normalized spacial score (nSPS) is 23.5. The lowest BCUT2D eigenvalue weighted by molar-refractivity contribution is -0.107. The van der Waals surface area contributed by atoms with Crippen molar-refractivity contribution in [2.75, 3.05) is 26.3 Å². The molecular weight excluding hydrogens is 306 g/mol. The maximum Gasteiger partial charge on any atom is 0.339 e. The molecule has 5 nitrogen and oxygen atoms in total. The zero-order valence-electron chi connectivity index (χ0n) is 13.5. The second kappa shape index (κ2) is 6.42. The topological polar surface area (TPSA) is 59.0 Å². The third kappa shape index (κ3) is 2.97. The number of carboxylic acid groups (broad SMARTS) is 1. The van der Waals surface area contributed by atoms with E-state index >= 15 is 0 Å². The van der Waals surface area contributed by atoms with E-state index in [1.165, 1.54) is 6.42 Å². The van der Waals surface area contributed by atoms with Gasteiger partial charge in [-0.2, -0.15) is 0 Å². The Kier molecular flexibility index (Phi) is 4.12. The van der Waals surface area contributed by atoms with Crippen LogP contribution in [-0.2, 0) is 4.74 Å². The van der Waals surface area contributed by atoms with Gasteiger partial charge in [-0.3, -0.25) is 4.90 Å². The van der Waals surface area contributed by atoms with E-state index in [4.69, 9.17) is 9.47 Å². The molecule has 0 amide bonds. The van der Waals surface area contributed by atoms with E-state index in [9.17, 15) is 9.90 Å². The fraction of sp³-hybridized carbons (Fsp3) is 0.421. The van der Waals surface area contributed by atoms with Crippen LogP contribution < -0.4 is 4.74 Å². The maximum absolute atomic E-state index is 11.5. The van der Waals surface area contributed by atoms with Gasteiger partial charge in [0.2, 0.25) is 0 Å². The second-order valence-electron chi connectivity index (χ2n) is 6.53. The number of carbonyl (C=O) groups is 1. The van der Waals surface area contributed by atoms with E-state index < -0.39 is 5.97 Å². The van der Waals surface area contributed by atoms with E-state index in [-0.39, 0.29) is 5.56 Å². The highest BCUT2D eigenvalue weighted by molar-refractivity contribution is 5.97. The molecule has 3 fully saturated rings. The summed E-state index contributed by atoms with van der Waals surface area (Å²) in [6, 6.07) is 11.7. The fourth-order valence-electron chi connectivity index (χ4n) is 3.69. The van der Waals surface area contributed by atoms with Crippen LogP contribution in [0.15, 0.2) is 36.4 Å². The summed E-state index contributed by atoms with van der Waals surface area (Å²) in [6.45, 7) is 3.05. The number of benzene rings is 2. The highest BCUT2D eigenvalue weighted by atomic mass is 16.5. The first-order valence-corrected chi connectivity index (χ1v) is 8.45. The minimum atomic E-state index is -0.957. The summed E-state index contributed by atoms with van der Waals surface area (Å²) in [5.41, 5.74) is 0.220. The third-order valence-electron chi connectivity index (χ3n) is 5.02. The summed E-state index contributed by atoms with van der Waals surface area (Å²) >= 11 is 0. The van der Waals surface area contributed by atoms with Gasteiger partial charge in [0.1, 0.15) is 17.9 Å². The standard InChI is InChI=1S/C19H21NO4/c21-19(22)17-9-13-3-1-2-4-14(13)10-18(17)23-8-7-20-11-16-6-5-15(20)12-24-16/h1-4,9-10,15-16H,5-8,11-12H2,(H,21,22). The minimum Gasteiger partial charge on any atom is -0.491 e. The van der Waals surface area contributed by atoms with Crippen LogP contribution >= 0.6 is 0 Å². The summed E-state index contributed by atoms with van der Waals surface area (Å²) in [7, 11) is 0. The van der Waals surface area contributed by atoms with Gasteiger partial charge < -0.3 is 14.6 Å². The molecule has 0 radical (unpaired) electrons. The molecule has 2 unspecified atom stereocenters. The van der Waals surface area contributed by atoms with Gasteiger partial charge in [0.15, 0.2) is 0 Å². The van der Waals surface area contributed by atoms with Gasteiger partial charge >= 0.3 is 5.97 Å². The lowest BCUT2D eigenvalue weighted by Gasteiger charge is -2.45. The molecule has 0 aliphatic carbocycles. The average molecular weight is 327 g/mol. The molecular formula is C19H21NO4. The zero-order chi connectivity index (χ0) is 16.5. The summed E-state index contributed by atoms with van der Waals surface area (Å²) in [4.78, 5) is 13.9. The minimum absolute atomic E-state index is 0.220. The van der Waals surface area contributed by atoms with Crippen molar-refractivity contribution < 1.29 is 19.4 Å². The summed E-state index contributed by atoms with van der Waals surface area (Å²) in [5.74, 6) is -0.513. The van der Waals surface area contributed by atoms with Crippen LogP contribution in [-0.4, -0.2) is 54.4 Å². The van der Waals surface area contributed by atoms with Gasteiger partial charge in [0.05, 0.1) is 12.7 Å². The van der Waals surface area contributed by atoms with Crippen LogP contribution in [0, 0.1) is 0 Å². The van der Waals surface area contributed by atoms with Crippen LogP contribution in [0.3, 0.4) is 0 Å². The first-order chi connectivity index (χ1) is 11.7. The fourth-order valence-corrected chi connectivity index (χ4v) is 3.69. The lowest BCUT2D eigenvalue weighted by Crippen LogP contribution is -2.55. The van der Waals surface area contributed by atoms with Crippen molar-refractivity contribution in [3.8, 4) is 5.75 Å². The third-order valence-corrected chi connectivity index (χ3v) is 5.02. The number of hydrogen-bond acceptors (Lipinski definition) is 4. The molecule has 2 bridgehead atoms. The van der Waals surface area contributed by atoms with Crippen LogP contribution in [0.1, 0.15) is 23.2 Å². The zero-order valence-corrected chi connectivity index (χ0v) is 13.5. The monoisotopic (exact) mass is 327 g/mol. The van der Waals surface area contributed by atoms with Crippen molar-refractivity contribution in [1.29, 1.82) is 0 Å². The molecule has 2 aromatic rings. The summed E-state index contributed by atoms with van der Waals surface area (Å²) in [5, 5.41) is 11.4. The maximum atomic E-state index is 11.5. The van der Waals surface area contributed by atoms with E-state index in [1.54, 1.807) is 6.07 Å². The molecule has 3 saturated heterocycles. The lowest BCUT2D eigenvalue weighted by atomic mass is 9.97. The van der Waals surface area contributed by atoms with Crippen molar-refractivity contribution in [3.05, 3.63) is 42.0 Å². The Hall–Kier alpha value is -2.11. The molecule has 5 rings (SSSR count). The largest absolute Gasteiger partial charge is 0.491 e. The number of aromatic carboxylic acids is 1. The molecule has 3 aliphatic rings. The second-order valence-corrected chi connectivity index (χ2v) is 6.53. The number of piperidine rings is 1. The van der Waals surface area contributed by atoms with Crippen molar-refractivity contribution in [3.63, 3.8) is 0 Å². The van der Waals surface area contributed by atoms with Gasteiger partial charge in [-0.1, -0.05) is 24.3 Å². The Labute approximate surface area is 140 Å². The highest BCUT2D eigenvalue weighted by Crippen LogP contribution is 2.28. The predicted octanol–water partition coefficient (Wildman–Crippen LogP) is 2.78. The molecule has 0 aromatic heterocycles. The number of morpholine rings is 1. The molecule has 3 heterocycles. The first-order valence-electron chi connectivity index (χ1n) is 8.45. The molecule has 1 N–H and O–H groups in total. The molecule has 0 spiro atoms. The van der Waals surface area contributed by atoms with Crippen LogP contribution in [0.2, 0.25) is 0 Å². The van der Waals surface area contributed by atoms with E-state index in [2.05, 4.69) is 4.90 Å². The van der Waals surface area contributed by atoms with E-state index in [0.29, 0.717) is 24.5 Å². The SMILES string of the molecule is O=C(O)c1cc2ccccc2cc1OCCN1CC2CCC1CO2. The van der Waals surface area contributed by atoms with Crippen molar-refractivity contribution >= 4 is 16.7 Å². The quantitative estimate of drug-likeness (QED) is 0.915. The van der Waals surface area contributed by atoms with Crippen LogP contribution in [0.25, 0.3) is 10.8 Å². The molecule has 2 aromatic carbocycles. The van der Waals surface area contributed by atoms with Crippen molar-refractivity contribution in [2.24, 2.45) is 0 Å². The Morgan fingerprint density at radius 2 is 2.04 bits per heavy atom. The Bertz CT molecular complexity index is 752.